The van der Waals surface area contributed by atoms with Gasteiger partial charge in [0.05, 0.1) is 12.7 Å². The summed E-state index contributed by atoms with van der Waals surface area (Å²) in [4.78, 5) is 23.0. The van der Waals surface area contributed by atoms with Gasteiger partial charge < -0.3 is 25.0 Å². The number of epoxide rings is 1. The normalized spacial score (nSPS) is 15.6. The van der Waals surface area contributed by atoms with Gasteiger partial charge >= 0.3 is 11.9 Å². The van der Waals surface area contributed by atoms with Crippen molar-refractivity contribution in [3.8, 4) is 0 Å². The van der Waals surface area contributed by atoms with E-state index in [9.17, 15) is 9.59 Å². The van der Waals surface area contributed by atoms with Crippen LogP contribution in [0.1, 0.15) is 116 Å². The molecule has 2 rings (SSSR count). The molecule has 0 aromatic heterocycles. The quantitative estimate of drug-likeness (QED) is 0.0829. The molecule has 0 aromatic rings. The number of carboxylic acids is 2. The standard InChI is InChI=1S/C16H30O2.C8H15NO.C6H10O3/c1-3-4-5-6-7-8-9-10-11-12-13-14-15(2)16(17)18;1(3-8-7-10-8)2-4-9-5-6-9;1-5(6(8)9)3-2-4-7/h2-14H2,1H3,(H,17,18);8H,1-7H2;7H,1-4H2,(H,8,9). The monoisotopic (exact) mass is 525 g/mol. The van der Waals surface area contributed by atoms with Crippen molar-refractivity contribution in [2.24, 2.45) is 0 Å². The first-order valence-electron chi connectivity index (χ1n) is 14.6. The molecular formula is C30H55NO6. The summed E-state index contributed by atoms with van der Waals surface area (Å²) in [5, 5.41) is 25.1. The fourth-order valence-corrected chi connectivity index (χ4v) is 3.75. The molecular weight excluding hydrogens is 470 g/mol. The van der Waals surface area contributed by atoms with Crippen molar-refractivity contribution in [1.29, 1.82) is 0 Å². The second-order valence-corrected chi connectivity index (χ2v) is 10.2. The van der Waals surface area contributed by atoms with Crippen LogP contribution in [-0.2, 0) is 14.3 Å². The maximum absolute atomic E-state index is 10.5. The molecule has 0 bridgehead atoms. The number of hydrogen-bond donors (Lipinski definition) is 3. The smallest absolute Gasteiger partial charge is 0.330 e. The number of aliphatic hydroxyl groups is 1. The second-order valence-electron chi connectivity index (χ2n) is 10.2. The molecule has 2 saturated heterocycles. The van der Waals surface area contributed by atoms with Gasteiger partial charge in [0.2, 0.25) is 0 Å². The summed E-state index contributed by atoms with van der Waals surface area (Å²) in [5.41, 5.74) is 0.509. The molecule has 0 aliphatic carbocycles. The van der Waals surface area contributed by atoms with Crippen LogP contribution in [0.15, 0.2) is 24.3 Å². The minimum atomic E-state index is -0.983. The van der Waals surface area contributed by atoms with Crippen LogP contribution >= 0.6 is 0 Å². The summed E-state index contributed by atoms with van der Waals surface area (Å²) in [6.45, 7) is 14.1. The van der Waals surface area contributed by atoms with E-state index in [1.807, 2.05) is 0 Å². The van der Waals surface area contributed by atoms with E-state index in [0.29, 0.717) is 30.9 Å². The predicted octanol–water partition coefficient (Wildman–Crippen LogP) is 6.60. The molecule has 0 aromatic carbocycles. The summed E-state index contributed by atoms with van der Waals surface area (Å²) in [6, 6.07) is 0. The zero-order valence-corrected chi connectivity index (χ0v) is 23.6. The number of hydrogen-bond acceptors (Lipinski definition) is 5. The number of unbranched alkanes of at least 4 members (excludes halogenated alkanes) is 11. The Labute approximate surface area is 226 Å². The molecule has 3 N–H and O–H groups in total. The molecule has 2 aliphatic heterocycles. The lowest BCUT2D eigenvalue weighted by molar-refractivity contribution is -0.133. The molecule has 2 fully saturated rings. The van der Waals surface area contributed by atoms with E-state index in [0.717, 1.165) is 19.4 Å². The third-order valence-corrected chi connectivity index (χ3v) is 6.52. The number of rotatable bonds is 22. The summed E-state index contributed by atoms with van der Waals surface area (Å²) in [7, 11) is 0. The Hall–Kier alpha value is -1.70. The average molecular weight is 526 g/mol. The van der Waals surface area contributed by atoms with Gasteiger partial charge in [-0.2, -0.15) is 0 Å². The van der Waals surface area contributed by atoms with E-state index in [2.05, 4.69) is 25.0 Å². The maximum atomic E-state index is 10.5. The van der Waals surface area contributed by atoms with Crippen LogP contribution in [0.5, 0.6) is 0 Å². The second kappa shape index (κ2) is 24.6. The molecule has 2 heterocycles. The minimum Gasteiger partial charge on any atom is -0.478 e. The number of aliphatic carboxylic acids is 2. The van der Waals surface area contributed by atoms with Crippen LogP contribution in [-0.4, -0.2) is 71.1 Å². The van der Waals surface area contributed by atoms with E-state index < -0.39 is 11.9 Å². The third kappa shape index (κ3) is 27.2. The summed E-state index contributed by atoms with van der Waals surface area (Å²) >= 11 is 0. The van der Waals surface area contributed by atoms with Crippen molar-refractivity contribution in [1.82, 2.24) is 4.90 Å². The van der Waals surface area contributed by atoms with Gasteiger partial charge in [0.15, 0.2) is 0 Å². The summed E-state index contributed by atoms with van der Waals surface area (Å²) in [6.07, 6.45) is 20.4. The van der Waals surface area contributed by atoms with Crippen LogP contribution < -0.4 is 0 Å². The highest BCUT2D eigenvalue weighted by molar-refractivity contribution is 5.85. The summed E-state index contributed by atoms with van der Waals surface area (Å²) < 4.78 is 5.12. The van der Waals surface area contributed by atoms with Gasteiger partial charge in [-0.05, 0) is 51.5 Å². The number of carboxylic acid groups (broad SMARTS) is 2. The summed E-state index contributed by atoms with van der Waals surface area (Å²) in [5.74, 6) is -1.83. The first-order chi connectivity index (χ1) is 17.8. The van der Waals surface area contributed by atoms with E-state index in [-0.39, 0.29) is 12.2 Å². The Balaban J connectivity index is 0.000000572. The van der Waals surface area contributed by atoms with E-state index >= 15 is 0 Å². The molecule has 7 heteroatoms. The van der Waals surface area contributed by atoms with E-state index in [1.54, 1.807) is 0 Å². The molecule has 0 saturated carbocycles. The number of ether oxygens (including phenoxy) is 1. The van der Waals surface area contributed by atoms with Gasteiger partial charge in [0, 0.05) is 30.8 Å². The molecule has 0 spiro atoms. The zero-order valence-electron chi connectivity index (χ0n) is 23.6. The lowest BCUT2D eigenvalue weighted by Gasteiger charge is -2.02. The predicted molar refractivity (Wildman–Crippen MR) is 151 cm³/mol. The largest absolute Gasteiger partial charge is 0.478 e. The average Bonchev–Trinajstić information content (AvgIpc) is 3.80. The molecule has 1 unspecified atom stereocenters. The van der Waals surface area contributed by atoms with Crippen molar-refractivity contribution in [3.63, 3.8) is 0 Å². The van der Waals surface area contributed by atoms with Crippen LogP contribution in [0, 0.1) is 0 Å². The van der Waals surface area contributed by atoms with Gasteiger partial charge in [-0.15, -0.1) is 0 Å². The first-order valence-corrected chi connectivity index (χ1v) is 14.6. The Morgan fingerprint density at radius 3 is 1.62 bits per heavy atom. The highest BCUT2D eigenvalue weighted by Crippen LogP contribution is 2.17. The fraction of sp³-hybridized carbons (Fsp3) is 0.800. The lowest BCUT2D eigenvalue weighted by Crippen LogP contribution is -1.99. The van der Waals surface area contributed by atoms with Crippen LogP contribution in [0.4, 0.5) is 0 Å². The maximum Gasteiger partial charge on any atom is 0.330 e. The van der Waals surface area contributed by atoms with Crippen molar-refractivity contribution in [3.05, 3.63) is 24.3 Å². The molecule has 0 radical (unpaired) electrons. The molecule has 0 amide bonds. The molecule has 2 aliphatic rings. The first kappa shape index (κ1) is 35.3. The molecule has 37 heavy (non-hydrogen) atoms. The Morgan fingerprint density at radius 1 is 0.757 bits per heavy atom. The molecule has 216 valence electrons. The zero-order chi connectivity index (χ0) is 27.7. The highest BCUT2D eigenvalue weighted by atomic mass is 16.6. The van der Waals surface area contributed by atoms with Gasteiger partial charge in [-0.1, -0.05) is 84.3 Å². The number of aliphatic hydroxyl groups excluding tert-OH is 1. The molecule has 1 atom stereocenters. The van der Waals surface area contributed by atoms with Gasteiger partial charge in [0.1, 0.15) is 0 Å². The SMILES string of the molecule is C(CCN1CC1)CC1CO1.C=C(CCCCCCCCCCCCC)C(=O)O.C=C(CCCO)C(=O)O. The lowest BCUT2D eigenvalue weighted by atomic mass is 10.0. The van der Waals surface area contributed by atoms with Gasteiger partial charge in [-0.3, -0.25) is 0 Å². The third-order valence-electron chi connectivity index (χ3n) is 6.52. The van der Waals surface area contributed by atoms with E-state index in [4.69, 9.17) is 20.1 Å². The fourth-order valence-electron chi connectivity index (χ4n) is 3.75. The highest BCUT2D eigenvalue weighted by Gasteiger charge is 2.22. The van der Waals surface area contributed by atoms with Crippen molar-refractivity contribution in [2.45, 2.75) is 122 Å². The number of nitrogens with zero attached hydrogens (tertiary/aromatic N) is 1. The van der Waals surface area contributed by atoms with Crippen molar-refractivity contribution >= 4 is 11.9 Å². The van der Waals surface area contributed by atoms with Crippen LogP contribution in [0.25, 0.3) is 0 Å². The van der Waals surface area contributed by atoms with Gasteiger partial charge in [0.25, 0.3) is 0 Å². The van der Waals surface area contributed by atoms with Gasteiger partial charge in [-0.25, -0.2) is 9.59 Å². The molecule has 7 nitrogen and oxygen atoms in total. The Bertz CT molecular complexity index is 599. The Morgan fingerprint density at radius 2 is 1.22 bits per heavy atom. The minimum absolute atomic E-state index is 0.0201. The van der Waals surface area contributed by atoms with Crippen molar-refractivity contribution in [2.75, 3.05) is 32.8 Å². The van der Waals surface area contributed by atoms with Crippen molar-refractivity contribution < 1.29 is 29.6 Å². The number of carbonyl (C=O) groups is 2. The Kier molecular flexibility index (Phi) is 23.5. The van der Waals surface area contributed by atoms with Crippen LogP contribution in [0.3, 0.4) is 0 Å². The topological polar surface area (TPSA) is 110 Å². The van der Waals surface area contributed by atoms with Crippen LogP contribution in [0.2, 0.25) is 0 Å². The van der Waals surface area contributed by atoms with E-state index in [1.165, 1.54) is 96.7 Å².